The summed E-state index contributed by atoms with van der Waals surface area (Å²) in [6.45, 7) is 0. The third kappa shape index (κ3) is 3.14. The van der Waals surface area contributed by atoms with Crippen LogP contribution in [-0.2, 0) is 0 Å². The number of rotatable bonds is 3. The third-order valence-electron chi connectivity index (χ3n) is 4.43. The van der Waals surface area contributed by atoms with E-state index in [4.69, 9.17) is 0 Å². The highest BCUT2D eigenvalue weighted by molar-refractivity contribution is 5.94. The van der Waals surface area contributed by atoms with Crippen LogP contribution in [0.2, 0.25) is 0 Å². The first kappa shape index (κ1) is 14.6. The minimum atomic E-state index is -0.961. The van der Waals surface area contributed by atoms with Crippen LogP contribution < -0.4 is 4.90 Å². The summed E-state index contributed by atoms with van der Waals surface area (Å²) in [6, 6.07) is 17.2. The Kier molecular flexibility index (Phi) is 4.42. The summed E-state index contributed by atoms with van der Waals surface area (Å²) in [6.07, 6.45) is 5.49. The number of benzene rings is 2. The molecule has 1 amide bonds. The molecule has 22 heavy (non-hydrogen) atoms. The predicted molar refractivity (Wildman–Crippen MR) is 88.9 cm³/mol. The molecule has 0 aromatic heterocycles. The lowest BCUT2D eigenvalue weighted by Crippen LogP contribution is -2.23. The van der Waals surface area contributed by atoms with Crippen LogP contribution in [0.25, 0.3) is 0 Å². The highest BCUT2D eigenvalue weighted by Gasteiger charge is 2.18. The van der Waals surface area contributed by atoms with E-state index in [1.165, 1.54) is 42.6 Å². The number of amides is 1. The van der Waals surface area contributed by atoms with Gasteiger partial charge in [0.25, 0.3) is 0 Å². The van der Waals surface area contributed by atoms with E-state index in [9.17, 15) is 9.90 Å². The molecule has 2 aromatic carbocycles. The molecular formula is C19H21NO2. The van der Waals surface area contributed by atoms with Crippen molar-refractivity contribution in [3.8, 4) is 0 Å². The van der Waals surface area contributed by atoms with Gasteiger partial charge in [0.1, 0.15) is 0 Å². The summed E-state index contributed by atoms with van der Waals surface area (Å²) >= 11 is 0. The number of anilines is 2. The summed E-state index contributed by atoms with van der Waals surface area (Å²) in [5, 5.41) is 9.52. The van der Waals surface area contributed by atoms with Gasteiger partial charge in [-0.3, -0.25) is 0 Å². The van der Waals surface area contributed by atoms with E-state index >= 15 is 0 Å². The van der Waals surface area contributed by atoms with Gasteiger partial charge in [-0.1, -0.05) is 49.6 Å². The maximum Gasteiger partial charge on any atom is 0.416 e. The van der Waals surface area contributed by atoms with E-state index in [1.54, 1.807) is 0 Å². The fourth-order valence-electron chi connectivity index (χ4n) is 3.28. The van der Waals surface area contributed by atoms with Gasteiger partial charge in [0, 0.05) is 0 Å². The van der Waals surface area contributed by atoms with Crippen LogP contribution in [0.5, 0.6) is 0 Å². The molecule has 1 aliphatic rings. The molecule has 0 atom stereocenters. The summed E-state index contributed by atoms with van der Waals surface area (Å²) < 4.78 is 0. The van der Waals surface area contributed by atoms with Gasteiger partial charge >= 0.3 is 6.09 Å². The fraction of sp³-hybridized carbons (Fsp3) is 0.316. The van der Waals surface area contributed by atoms with Crippen molar-refractivity contribution in [2.75, 3.05) is 4.90 Å². The van der Waals surface area contributed by atoms with Crippen molar-refractivity contribution in [2.24, 2.45) is 0 Å². The maximum atomic E-state index is 11.6. The van der Waals surface area contributed by atoms with Crippen LogP contribution in [0, 0.1) is 0 Å². The highest BCUT2D eigenvalue weighted by atomic mass is 16.4. The lowest BCUT2D eigenvalue weighted by molar-refractivity contribution is 0.205. The molecule has 1 aliphatic carbocycles. The topological polar surface area (TPSA) is 40.5 Å². The van der Waals surface area contributed by atoms with Gasteiger partial charge in [-0.2, -0.15) is 0 Å². The van der Waals surface area contributed by atoms with Crippen molar-refractivity contribution in [2.45, 2.75) is 38.0 Å². The molecule has 0 radical (unpaired) electrons. The lowest BCUT2D eigenvalue weighted by atomic mass is 9.84. The van der Waals surface area contributed by atoms with Crippen LogP contribution in [-0.4, -0.2) is 11.2 Å². The third-order valence-corrected chi connectivity index (χ3v) is 4.43. The summed E-state index contributed by atoms with van der Waals surface area (Å²) in [5.74, 6) is 0.637. The highest BCUT2D eigenvalue weighted by Crippen LogP contribution is 2.34. The molecule has 1 saturated carbocycles. The molecule has 3 heteroatoms. The van der Waals surface area contributed by atoms with Crippen LogP contribution in [0.1, 0.15) is 43.6 Å². The Morgan fingerprint density at radius 3 is 2.05 bits per heavy atom. The molecule has 0 unspecified atom stereocenters. The van der Waals surface area contributed by atoms with E-state index in [0.29, 0.717) is 17.3 Å². The maximum absolute atomic E-state index is 11.6. The molecule has 0 bridgehead atoms. The minimum Gasteiger partial charge on any atom is -0.464 e. The second kappa shape index (κ2) is 6.65. The van der Waals surface area contributed by atoms with Gasteiger partial charge in [-0.25, -0.2) is 9.69 Å². The Labute approximate surface area is 131 Å². The number of para-hydroxylation sites is 1. The van der Waals surface area contributed by atoms with Gasteiger partial charge in [-0.15, -0.1) is 0 Å². The zero-order valence-electron chi connectivity index (χ0n) is 12.6. The summed E-state index contributed by atoms with van der Waals surface area (Å²) in [7, 11) is 0. The van der Waals surface area contributed by atoms with Crippen molar-refractivity contribution in [1.29, 1.82) is 0 Å². The van der Waals surface area contributed by atoms with Crippen LogP contribution in [0.4, 0.5) is 16.2 Å². The molecular weight excluding hydrogens is 274 g/mol. The first-order valence-electron chi connectivity index (χ1n) is 7.94. The van der Waals surface area contributed by atoms with Gasteiger partial charge in [0.05, 0.1) is 11.4 Å². The lowest BCUT2D eigenvalue weighted by Gasteiger charge is -2.23. The van der Waals surface area contributed by atoms with Gasteiger partial charge < -0.3 is 5.11 Å². The first-order chi connectivity index (χ1) is 10.8. The Balaban J connectivity index is 1.85. The second-order valence-electron chi connectivity index (χ2n) is 5.88. The monoisotopic (exact) mass is 295 g/mol. The van der Waals surface area contributed by atoms with Gasteiger partial charge in [-0.05, 0) is 48.6 Å². The molecule has 0 saturated heterocycles. The van der Waals surface area contributed by atoms with Gasteiger partial charge in [0.2, 0.25) is 0 Å². The fourth-order valence-corrected chi connectivity index (χ4v) is 3.28. The van der Waals surface area contributed by atoms with E-state index in [0.717, 1.165) is 0 Å². The standard InChI is InChI=1S/C19H21NO2/c21-19(22)20(17-9-5-2-6-10-17)18-13-11-16(12-14-18)15-7-3-1-4-8-15/h2,5-6,9-15H,1,3-4,7-8H2,(H,21,22). The zero-order valence-corrected chi connectivity index (χ0v) is 12.6. The number of carboxylic acid groups (broad SMARTS) is 1. The Bertz CT molecular complexity index is 616. The van der Waals surface area contributed by atoms with Crippen molar-refractivity contribution < 1.29 is 9.90 Å². The van der Waals surface area contributed by atoms with E-state index in [-0.39, 0.29) is 0 Å². The van der Waals surface area contributed by atoms with Crippen LogP contribution in [0.3, 0.4) is 0 Å². The average molecular weight is 295 g/mol. The Hall–Kier alpha value is -2.29. The first-order valence-corrected chi connectivity index (χ1v) is 7.94. The molecule has 3 rings (SSSR count). The normalized spacial score (nSPS) is 15.5. The van der Waals surface area contributed by atoms with Crippen LogP contribution in [0.15, 0.2) is 54.6 Å². The van der Waals surface area contributed by atoms with Crippen molar-refractivity contribution in [1.82, 2.24) is 0 Å². The Morgan fingerprint density at radius 1 is 0.864 bits per heavy atom. The van der Waals surface area contributed by atoms with E-state index < -0.39 is 6.09 Å². The molecule has 0 aliphatic heterocycles. The molecule has 2 aromatic rings. The largest absolute Gasteiger partial charge is 0.464 e. The number of carbonyl (C=O) groups is 1. The average Bonchev–Trinajstić information content (AvgIpc) is 2.57. The van der Waals surface area contributed by atoms with Crippen LogP contribution >= 0.6 is 0 Å². The van der Waals surface area contributed by atoms with E-state index in [2.05, 4.69) is 12.1 Å². The SMILES string of the molecule is O=C(O)N(c1ccccc1)c1ccc(C2CCCCC2)cc1. The second-order valence-corrected chi connectivity index (χ2v) is 5.88. The van der Waals surface area contributed by atoms with Crippen molar-refractivity contribution >= 4 is 17.5 Å². The molecule has 0 heterocycles. The summed E-state index contributed by atoms with van der Waals surface area (Å²) in [5.41, 5.74) is 2.69. The van der Waals surface area contributed by atoms with Crippen molar-refractivity contribution in [3.05, 3.63) is 60.2 Å². The predicted octanol–water partition coefficient (Wildman–Crippen LogP) is 5.55. The molecule has 1 N–H and O–H groups in total. The molecule has 3 nitrogen and oxygen atoms in total. The molecule has 0 spiro atoms. The molecule has 114 valence electrons. The quantitative estimate of drug-likeness (QED) is 0.806. The van der Waals surface area contributed by atoms with E-state index in [1.807, 2.05) is 42.5 Å². The van der Waals surface area contributed by atoms with Gasteiger partial charge in [0.15, 0.2) is 0 Å². The number of hydrogen-bond donors (Lipinski definition) is 1. The van der Waals surface area contributed by atoms with Crippen molar-refractivity contribution in [3.63, 3.8) is 0 Å². The smallest absolute Gasteiger partial charge is 0.416 e. The molecule has 1 fully saturated rings. The summed E-state index contributed by atoms with van der Waals surface area (Å²) in [4.78, 5) is 12.9. The Morgan fingerprint density at radius 2 is 1.45 bits per heavy atom. The number of hydrogen-bond acceptors (Lipinski definition) is 1. The zero-order chi connectivity index (χ0) is 15.4. The number of nitrogens with zero attached hydrogens (tertiary/aromatic N) is 1. The minimum absolute atomic E-state index is 0.637.